The molecule has 33 heavy (non-hydrogen) atoms. The average molecular weight is 491 g/mol. The van der Waals surface area contributed by atoms with Crippen molar-refractivity contribution in [3.63, 3.8) is 0 Å². The predicted octanol–water partition coefficient (Wildman–Crippen LogP) is 2.51. The molecule has 0 spiro atoms. The topological polar surface area (TPSA) is 108 Å². The van der Waals surface area contributed by atoms with Gasteiger partial charge in [-0.25, -0.2) is 0 Å². The van der Waals surface area contributed by atoms with E-state index in [1.807, 2.05) is 0 Å². The third-order valence-corrected chi connectivity index (χ3v) is 7.04. The highest BCUT2D eigenvalue weighted by Gasteiger charge is 2.31. The standard InChI is InChI=1S/C22H27ClN6O3S/c23-16-6-3-7-17(13-16)25-19(31)20-26-27-21(33-20)22(32)29-11-4-5-15(14-29)18(30)24-8-12-28-9-1-2-10-28/h3,6-7,13,15H,1-2,4-5,8-12,14H2,(H,24,30)(H,25,31)/t15-/m0/s1. The molecule has 0 saturated carbocycles. The molecule has 3 amide bonds. The Morgan fingerprint density at radius 3 is 2.67 bits per heavy atom. The first-order valence-electron chi connectivity index (χ1n) is 11.2. The number of halogens is 1. The van der Waals surface area contributed by atoms with E-state index >= 15 is 0 Å². The number of benzene rings is 1. The molecule has 2 N–H and O–H groups in total. The number of carbonyl (C=O) groups excluding carboxylic acids is 3. The molecule has 2 aromatic rings. The molecular weight excluding hydrogens is 464 g/mol. The molecule has 1 aromatic carbocycles. The Balaban J connectivity index is 1.29. The number of aromatic nitrogens is 2. The maximum Gasteiger partial charge on any atom is 0.286 e. The lowest BCUT2D eigenvalue weighted by atomic mass is 9.97. The molecule has 9 nitrogen and oxygen atoms in total. The second-order valence-corrected chi connectivity index (χ2v) is 9.72. The maximum absolute atomic E-state index is 12.9. The molecule has 2 aliphatic heterocycles. The van der Waals surface area contributed by atoms with Crippen LogP contribution in [-0.2, 0) is 4.79 Å². The van der Waals surface area contributed by atoms with Crippen LogP contribution in [0.25, 0.3) is 0 Å². The van der Waals surface area contributed by atoms with E-state index in [0.717, 1.165) is 43.8 Å². The number of anilines is 1. The maximum atomic E-state index is 12.9. The van der Waals surface area contributed by atoms with Crippen molar-refractivity contribution in [3.05, 3.63) is 39.3 Å². The van der Waals surface area contributed by atoms with Gasteiger partial charge >= 0.3 is 0 Å². The normalized spacial score (nSPS) is 18.8. The third kappa shape index (κ3) is 6.27. The molecule has 0 aliphatic carbocycles. The lowest BCUT2D eigenvalue weighted by Crippen LogP contribution is -2.46. The van der Waals surface area contributed by atoms with E-state index in [2.05, 4.69) is 25.7 Å². The fourth-order valence-corrected chi connectivity index (χ4v) is 5.05. The molecule has 2 fully saturated rings. The first kappa shape index (κ1) is 23.6. The van der Waals surface area contributed by atoms with Gasteiger partial charge in [-0.1, -0.05) is 29.0 Å². The number of nitrogens with zero attached hydrogens (tertiary/aromatic N) is 4. The summed E-state index contributed by atoms with van der Waals surface area (Å²) < 4.78 is 0. The Kier molecular flexibility index (Phi) is 7.89. The van der Waals surface area contributed by atoms with Crippen molar-refractivity contribution in [2.45, 2.75) is 25.7 Å². The van der Waals surface area contributed by atoms with Gasteiger partial charge in [-0.2, -0.15) is 0 Å². The van der Waals surface area contributed by atoms with Gasteiger partial charge in [0.1, 0.15) is 0 Å². The predicted molar refractivity (Wildman–Crippen MR) is 127 cm³/mol. The monoisotopic (exact) mass is 490 g/mol. The van der Waals surface area contributed by atoms with Crippen molar-refractivity contribution in [1.82, 2.24) is 25.3 Å². The van der Waals surface area contributed by atoms with Crippen LogP contribution in [0.15, 0.2) is 24.3 Å². The summed E-state index contributed by atoms with van der Waals surface area (Å²) in [6.45, 7) is 4.60. The second kappa shape index (κ2) is 11.0. The minimum absolute atomic E-state index is 0.00875. The Morgan fingerprint density at radius 2 is 1.88 bits per heavy atom. The summed E-state index contributed by atoms with van der Waals surface area (Å²) in [5.74, 6) is -1.00. The van der Waals surface area contributed by atoms with Gasteiger partial charge in [0.15, 0.2) is 0 Å². The largest absolute Gasteiger partial charge is 0.355 e. The molecular formula is C22H27ClN6O3S. The molecule has 1 aromatic heterocycles. The van der Waals surface area contributed by atoms with Gasteiger partial charge in [0, 0.05) is 36.9 Å². The Morgan fingerprint density at radius 1 is 1.09 bits per heavy atom. The minimum atomic E-state index is -0.456. The quantitative estimate of drug-likeness (QED) is 0.617. The van der Waals surface area contributed by atoms with Crippen molar-refractivity contribution < 1.29 is 14.4 Å². The van der Waals surface area contributed by atoms with Gasteiger partial charge in [0.05, 0.1) is 5.92 Å². The summed E-state index contributed by atoms with van der Waals surface area (Å²) in [7, 11) is 0. The summed E-state index contributed by atoms with van der Waals surface area (Å²) in [6.07, 6.45) is 3.95. The number of nitrogens with one attached hydrogen (secondary N) is 2. The molecule has 2 saturated heterocycles. The van der Waals surface area contributed by atoms with Gasteiger partial charge in [0.25, 0.3) is 11.8 Å². The summed E-state index contributed by atoms with van der Waals surface area (Å²) in [4.78, 5) is 42.0. The van der Waals surface area contributed by atoms with Crippen LogP contribution in [0.4, 0.5) is 5.69 Å². The van der Waals surface area contributed by atoms with E-state index in [0.29, 0.717) is 30.3 Å². The van der Waals surface area contributed by atoms with E-state index in [1.54, 1.807) is 29.2 Å². The highest BCUT2D eigenvalue weighted by Crippen LogP contribution is 2.21. The van der Waals surface area contributed by atoms with E-state index in [4.69, 9.17) is 11.6 Å². The van der Waals surface area contributed by atoms with E-state index < -0.39 is 5.91 Å². The van der Waals surface area contributed by atoms with Crippen molar-refractivity contribution in [2.75, 3.05) is 44.6 Å². The Bertz CT molecular complexity index is 1010. The number of likely N-dealkylation sites (tertiary alicyclic amines) is 2. The molecule has 3 heterocycles. The molecule has 4 rings (SSSR count). The summed E-state index contributed by atoms with van der Waals surface area (Å²) in [5, 5.41) is 14.2. The highest BCUT2D eigenvalue weighted by atomic mass is 35.5. The van der Waals surface area contributed by atoms with Crippen LogP contribution in [0.1, 0.15) is 45.3 Å². The number of rotatable bonds is 7. The molecule has 176 valence electrons. The summed E-state index contributed by atoms with van der Waals surface area (Å²) >= 11 is 6.88. The van der Waals surface area contributed by atoms with Crippen molar-refractivity contribution in [3.8, 4) is 0 Å². The van der Waals surface area contributed by atoms with Gasteiger partial charge in [-0.3, -0.25) is 14.4 Å². The number of piperidine rings is 1. The van der Waals surface area contributed by atoms with Crippen LogP contribution >= 0.6 is 22.9 Å². The first-order chi connectivity index (χ1) is 16.0. The van der Waals surface area contributed by atoms with Gasteiger partial charge < -0.3 is 20.4 Å². The Hall–Kier alpha value is -2.56. The third-order valence-electron chi connectivity index (χ3n) is 5.89. The Labute approximate surface area is 201 Å². The lowest BCUT2D eigenvalue weighted by molar-refractivity contribution is -0.126. The lowest BCUT2D eigenvalue weighted by Gasteiger charge is -2.31. The molecule has 11 heteroatoms. The smallest absolute Gasteiger partial charge is 0.286 e. The van der Waals surface area contributed by atoms with Crippen LogP contribution in [0.3, 0.4) is 0 Å². The first-order valence-corrected chi connectivity index (χ1v) is 12.4. The minimum Gasteiger partial charge on any atom is -0.355 e. The molecule has 1 atom stereocenters. The summed E-state index contributed by atoms with van der Waals surface area (Å²) in [6, 6.07) is 6.76. The SMILES string of the molecule is O=C(Nc1cccc(Cl)c1)c1nnc(C(=O)N2CCC[C@H](C(=O)NCCN3CCCC3)C2)s1. The van der Waals surface area contributed by atoms with Crippen LogP contribution in [-0.4, -0.2) is 77.0 Å². The fourth-order valence-electron chi connectivity index (χ4n) is 4.15. The van der Waals surface area contributed by atoms with Gasteiger partial charge in [-0.05, 0) is 57.0 Å². The highest BCUT2D eigenvalue weighted by molar-refractivity contribution is 7.15. The zero-order valence-electron chi connectivity index (χ0n) is 18.3. The van der Waals surface area contributed by atoms with Gasteiger partial charge in [-0.15, -0.1) is 10.2 Å². The summed E-state index contributed by atoms with van der Waals surface area (Å²) in [5.41, 5.74) is 0.533. The van der Waals surface area contributed by atoms with Crippen LogP contribution < -0.4 is 10.6 Å². The fraction of sp³-hybridized carbons (Fsp3) is 0.500. The molecule has 0 radical (unpaired) electrons. The zero-order valence-corrected chi connectivity index (χ0v) is 19.8. The molecule has 0 bridgehead atoms. The van der Waals surface area contributed by atoms with Crippen molar-refractivity contribution in [2.24, 2.45) is 5.92 Å². The van der Waals surface area contributed by atoms with E-state index in [1.165, 1.54) is 12.8 Å². The second-order valence-electron chi connectivity index (χ2n) is 8.31. The molecule has 2 aliphatic rings. The number of carbonyl (C=O) groups is 3. The van der Waals surface area contributed by atoms with E-state index in [9.17, 15) is 14.4 Å². The van der Waals surface area contributed by atoms with E-state index in [-0.39, 0.29) is 27.7 Å². The van der Waals surface area contributed by atoms with Gasteiger partial charge in [0.2, 0.25) is 15.9 Å². The van der Waals surface area contributed by atoms with Crippen LogP contribution in [0.5, 0.6) is 0 Å². The zero-order chi connectivity index (χ0) is 23.2. The van der Waals surface area contributed by atoms with Crippen molar-refractivity contribution in [1.29, 1.82) is 0 Å². The molecule has 0 unspecified atom stereocenters. The number of hydrogen-bond acceptors (Lipinski definition) is 7. The van der Waals surface area contributed by atoms with Crippen molar-refractivity contribution >= 4 is 46.3 Å². The number of amides is 3. The van der Waals surface area contributed by atoms with Crippen LogP contribution in [0.2, 0.25) is 5.02 Å². The average Bonchev–Trinajstić information content (AvgIpc) is 3.51. The number of hydrogen-bond donors (Lipinski definition) is 2. The van der Waals surface area contributed by atoms with Crippen LogP contribution in [0, 0.1) is 5.92 Å².